The van der Waals surface area contributed by atoms with Crippen molar-refractivity contribution in [2.75, 3.05) is 40.9 Å². The number of nitrogens with one attached hydrogen (secondary N) is 1. The van der Waals surface area contributed by atoms with Gasteiger partial charge in [-0.15, -0.1) is 0 Å². The van der Waals surface area contributed by atoms with Crippen molar-refractivity contribution in [3.63, 3.8) is 0 Å². The molecule has 73 heavy (non-hydrogen) atoms. The van der Waals surface area contributed by atoms with Crippen LogP contribution in [0.3, 0.4) is 0 Å². The van der Waals surface area contributed by atoms with E-state index in [1.165, 1.54) is 186 Å². The monoisotopic (exact) mass is 1040 g/mol. The molecule has 3 unspecified atom stereocenters. The summed E-state index contributed by atoms with van der Waals surface area (Å²) in [5.74, 6) is -0.198. The van der Waals surface area contributed by atoms with Gasteiger partial charge in [0.2, 0.25) is 5.91 Å². The van der Waals surface area contributed by atoms with Crippen molar-refractivity contribution in [2.45, 2.75) is 289 Å². The zero-order valence-corrected chi connectivity index (χ0v) is 49.5. The van der Waals surface area contributed by atoms with E-state index in [1.807, 2.05) is 27.2 Å². The maximum Gasteiger partial charge on any atom is 0.268 e. The number of carbonyl (C=O) groups is 1. The van der Waals surface area contributed by atoms with Gasteiger partial charge in [-0.1, -0.05) is 279 Å². The van der Waals surface area contributed by atoms with Crippen LogP contribution in [-0.4, -0.2) is 68.5 Å². The number of amides is 1. The average Bonchev–Trinajstić information content (AvgIpc) is 3.35. The highest BCUT2D eigenvalue weighted by molar-refractivity contribution is 7.45. The molecule has 0 saturated heterocycles. The first-order valence-corrected chi connectivity index (χ1v) is 32.3. The molecule has 0 spiro atoms. The lowest BCUT2D eigenvalue weighted by Crippen LogP contribution is -2.45. The van der Waals surface area contributed by atoms with Crippen LogP contribution in [0.15, 0.2) is 72.9 Å². The molecule has 9 heteroatoms. The van der Waals surface area contributed by atoms with Crippen LogP contribution in [0.1, 0.15) is 277 Å². The topological polar surface area (TPSA) is 108 Å². The van der Waals surface area contributed by atoms with Gasteiger partial charge in [0.05, 0.1) is 39.9 Å². The van der Waals surface area contributed by atoms with E-state index < -0.39 is 20.0 Å². The molecule has 426 valence electrons. The third kappa shape index (κ3) is 57.5. The third-order valence-corrected chi connectivity index (χ3v) is 14.6. The van der Waals surface area contributed by atoms with Crippen LogP contribution in [0.25, 0.3) is 0 Å². The van der Waals surface area contributed by atoms with E-state index >= 15 is 0 Å². The lowest BCUT2D eigenvalue weighted by molar-refractivity contribution is -0.870. The van der Waals surface area contributed by atoms with E-state index in [-0.39, 0.29) is 19.1 Å². The zero-order chi connectivity index (χ0) is 53.5. The Kier molecular flexibility index (Phi) is 53.2. The van der Waals surface area contributed by atoms with Crippen LogP contribution in [0.4, 0.5) is 0 Å². The van der Waals surface area contributed by atoms with E-state index in [2.05, 4.69) is 79.9 Å². The third-order valence-electron chi connectivity index (χ3n) is 13.7. The fourth-order valence-corrected chi connectivity index (χ4v) is 9.61. The fourth-order valence-electron chi connectivity index (χ4n) is 8.89. The Bertz CT molecular complexity index is 1420. The van der Waals surface area contributed by atoms with Gasteiger partial charge >= 0.3 is 0 Å². The Balaban J connectivity index is 4.16. The maximum absolute atomic E-state index is 13.0. The lowest BCUT2D eigenvalue weighted by Gasteiger charge is -2.29. The quantitative estimate of drug-likeness (QED) is 0.0272. The van der Waals surface area contributed by atoms with Crippen molar-refractivity contribution in [2.24, 2.45) is 0 Å². The summed E-state index contributed by atoms with van der Waals surface area (Å²) in [5.41, 5.74) is 0. The Labute approximate surface area is 453 Å². The number of nitrogens with zero attached hydrogens (tertiary/aromatic N) is 1. The van der Waals surface area contributed by atoms with Crippen molar-refractivity contribution in [3.8, 4) is 0 Å². The van der Waals surface area contributed by atoms with E-state index in [9.17, 15) is 19.4 Å². The van der Waals surface area contributed by atoms with Crippen molar-refractivity contribution in [3.05, 3.63) is 72.9 Å². The molecule has 8 nitrogen and oxygen atoms in total. The lowest BCUT2D eigenvalue weighted by atomic mass is 10.0. The number of phosphoric acid groups is 1. The van der Waals surface area contributed by atoms with Crippen molar-refractivity contribution < 1.29 is 32.9 Å². The minimum atomic E-state index is -4.60. The molecule has 3 atom stereocenters. The van der Waals surface area contributed by atoms with Gasteiger partial charge in [0.25, 0.3) is 7.82 Å². The molecule has 0 aromatic heterocycles. The van der Waals surface area contributed by atoms with Crippen molar-refractivity contribution >= 4 is 13.7 Å². The number of rotatable bonds is 56. The Morgan fingerprint density at radius 1 is 0.493 bits per heavy atom. The van der Waals surface area contributed by atoms with Crippen LogP contribution < -0.4 is 10.2 Å². The largest absolute Gasteiger partial charge is 0.756 e. The molecule has 1 amide bonds. The van der Waals surface area contributed by atoms with Gasteiger partial charge in [-0.2, -0.15) is 0 Å². The molecular formula is C64H119N2O6P. The second-order valence-electron chi connectivity index (χ2n) is 22.0. The number of unbranched alkanes of at least 4 members (excludes halogenated alkanes) is 33. The summed E-state index contributed by atoms with van der Waals surface area (Å²) in [6.07, 6.45) is 75.5. The summed E-state index contributed by atoms with van der Waals surface area (Å²) in [7, 11) is 1.26. The Morgan fingerprint density at radius 3 is 1.22 bits per heavy atom. The first-order valence-electron chi connectivity index (χ1n) is 30.8. The predicted molar refractivity (Wildman–Crippen MR) is 316 cm³/mol. The second kappa shape index (κ2) is 54.7. The van der Waals surface area contributed by atoms with E-state index in [0.717, 1.165) is 70.6 Å². The molecule has 0 heterocycles. The number of hydrogen-bond acceptors (Lipinski definition) is 6. The van der Waals surface area contributed by atoms with Gasteiger partial charge in [0, 0.05) is 6.42 Å². The first kappa shape index (κ1) is 70.9. The summed E-state index contributed by atoms with van der Waals surface area (Å²) in [6.45, 7) is 4.56. The Hall–Kier alpha value is -2.06. The van der Waals surface area contributed by atoms with Crippen LogP contribution in [0.5, 0.6) is 0 Å². The second-order valence-corrected chi connectivity index (χ2v) is 23.4. The molecule has 0 bridgehead atoms. The number of aliphatic hydroxyl groups is 1. The zero-order valence-electron chi connectivity index (χ0n) is 48.6. The minimum Gasteiger partial charge on any atom is -0.756 e. The molecule has 0 radical (unpaired) electrons. The van der Waals surface area contributed by atoms with Crippen LogP contribution >= 0.6 is 7.82 Å². The highest BCUT2D eigenvalue weighted by Gasteiger charge is 2.23. The molecule has 0 aromatic carbocycles. The highest BCUT2D eigenvalue weighted by Crippen LogP contribution is 2.38. The number of quaternary nitrogens is 1. The molecular weight excluding hydrogens is 924 g/mol. The summed E-state index contributed by atoms with van der Waals surface area (Å²) in [6, 6.07) is -0.891. The Morgan fingerprint density at radius 2 is 0.836 bits per heavy atom. The molecule has 0 rings (SSSR count). The number of likely N-dealkylation sites (N-methyl/N-ethyl adjacent to an activating group) is 1. The normalized spacial score (nSPS) is 14.3. The van der Waals surface area contributed by atoms with Crippen LogP contribution in [-0.2, 0) is 18.4 Å². The van der Waals surface area contributed by atoms with E-state index in [0.29, 0.717) is 17.4 Å². The minimum absolute atomic E-state index is 0.00283. The summed E-state index contributed by atoms with van der Waals surface area (Å²) in [5, 5.41) is 13.9. The molecule has 0 fully saturated rings. The summed E-state index contributed by atoms with van der Waals surface area (Å²) in [4.78, 5) is 25.6. The van der Waals surface area contributed by atoms with Gasteiger partial charge in [-0.25, -0.2) is 0 Å². The summed E-state index contributed by atoms with van der Waals surface area (Å²) < 4.78 is 23.4. The average molecular weight is 1040 g/mol. The first-order chi connectivity index (χ1) is 35.5. The summed E-state index contributed by atoms with van der Waals surface area (Å²) >= 11 is 0. The van der Waals surface area contributed by atoms with Gasteiger partial charge in [-0.3, -0.25) is 9.36 Å². The highest BCUT2D eigenvalue weighted by atomic mass is 31.2. The smallest absolute Gasteiger partial charge is 0.268 e. The number of phosphoric ester groups is 1. The van der Waals surface area contributed by atoms with Crippen molar-refractivity contribution in [1.29, 1.82) is 0 Å². The fraction of sp³-hybridized carbons (Fsp3) is 0.797. The molecule has 0 aromatic rings. The van der Waals surface area contributed by atoms with E-state index in [1.54, 1.807) is 6.08 Å². The molecule has 0 aliphatic carbocycles. The number of carbonyl (C=O) groups excluding carboxylic acids is 1. The molecule has 0 saturated carbocycles. The standard InChI is InChI=1S/C64H119N2O6P/c1-6-8-10-12-14-16-18-20-22-24-26-28-30-31-32-33-34-35-36-38-40-42-44-46-48-50-52-54-56-58-64(68)65-62(61-72-73(69,70)71-60-59-66(3,4)5)63(67)57-55-53-51-49-47-45-43-41-39-37-29-27-25-23-21-19-17-15-13-11-9-7-2/h8,10,14,16,20,22,26,28,31-32,55,57,62-63,67H,6-7,9,11-13,15,17-19,21,23-25,27,29-30,33-54,56,58-61H2,1-5H3,(H-,65,68,69,70)/b10-8-,16-14-,22-20-,28-26-,32-31-,57-55+. The number of allylic oxidation sites excluding steroid dienone is 11. The van der Waals surface area contributed by atoms with E-state index in [4.69, 9.17) is 9.05 Å². The number of aliphatic hydroxyl groups excluding tert-OH is 1. The molecule has 0 aliphatic rings. The SMILES string of the molecule is CC/C=C\C/C=C\C/C=C\C/C=C\C/C=C\CCCCCCCCCCCCCCCC(=O)NC(COP(=O)([O-])OCC[N+](C)(C)C)C(O)/C=C/CCCCCCCCCCCCCCCCCCCCCC. The number of hydrogen-bond donors (Lipinski definition) is 2. The van der Waals surface area contributed by atoms with Gasteiger partial charge in [0.1, 0.15) is 13.2 Å². The van der Waals surface area contributed by atoms with Gasteiger partial charge in [-0.05, 0) is 64.2 Å². The van der Waals surface area contributed by atoms with Gasteiger partial charge < -0.3 is 28.8 Å². The molecule has 0 aliphatic heterocycles. The predicted octanol–water partition coefficient (Wildman–Crippen LogP) is 18.4. The van der Waals surface area contributed by atoms with Crippen molar-refractivity contribution in [1.82, 2.24) is 5.32 Å². The maximum atomic E-state index is 13.0. The van der Waals surface area contributed by atoms with Crippen LogP contribution in [0, 0.1) is 0 Å². The molecule has 2 N–H and O–H groups in total. The van der Waals surface area contributed by atoms with Gasteiger partial charge in [0.15, 0.2) is 0 Å². The van der Waals surface area contributed by atoms with Crippen LogP contribution in [0.2, 0.25) is 0 Å².